The third-order valence-electron chi connectivity index (χ3n) is 5.53. The number of phenols is 2. The zero-order valence-electron chi connectivity index (χ0n) is 19.9. The fourth-order valence-corrected chi connectivity index (χ4v) is 4.13. The van der Waals surface area contributed by atoms with Gasteiger partial charge in [-0.15, -0.1) is 0 Å². The molecule has 178 valence electrons. The summed E-state index contributed by atoms with van der Waals surface area (Å²) in [6.45, 7) is 10.4. The number of nitrogens with one attached hydrogen (secondary N) is 1. The van der Waals surface area contributed by atoms with Gasteiger partial charge in [-0.2, -0.15) is 0 Å². The Morgan fingerprint density at radius 2 is 1.50 bits per heavy atom. The molecule has 0 atom stereocenters. The first kappa shape index (κ1) is 25.1. The Morgan fingerprint density at radius 3 is 1.97 bits per heavy atom. The summed E-state index contributed by atoms with van der Waals surface area (Å²) >= 11 is 5.41. The molecular weight excluding hydrogens is 450 g/mol. The molecule has 0 aromatic heterocycles. The molecule has 4 rings (SSSR count). The fourth-order valence-electron chi connectivity index (χ4n) is 4.01. The Kier molecular flexibility index (Phi) is 7.47. The van der Waals surface area contributed by atoms with E-state index in [-0.39, 0.29) is 17.4 Å². The maximum absolute atomic E-state index is 11.8. The first-order valence-corrected chi connectivity index (χ1v) is 11.6. The summed E-state index contributed by atoms with van der Waals surface area (Å²) in [6, 6.07) is 15.0. The molecule has 0 spiro atoms. The van der Waals surface area contributed by atoms with Gasteiger partial charge in [-0.05, 0) is 48.9 Å². The highest BCUT2D eigenvalue weighted by atomic mass is 32.1. The molecule has 7 heteroatoms. The van der Waals surface area contributed by atoms with Gasteiger partial charge in [0, 0.05) is 40.4 Å². The Hall–Kier alpha value is -3.58. The molecule has 0 saturated carbocycles. The topological polar surface area (TPSA) is 88.0 Å². The smallest absolute Gasteiger partial charge is 0.294 e. The van der Waals surface area contributed by atoms with Gasteiger partial charge < -0.3 is 25.0 Å². The van der Waals surface area contributed by atoms with Crippen LogP contribution in [0.3, 0.4) is 0 Å². The van der Waals surface area contributed by atoms with Crippen molar-refractivity contribution in [2.75, 3.05) is 5.32 Å². The minimum atomic E-state index is -1.34. The third-order valence-corrected chi connectivity index (χ3v) is 6.10. The zero-order chi connectivity index (χ0) is 25.0. The molecule has 0 unspecified atom stereocenters. The van der Waals surface area contributed by atoms with Crippen LogP contribution in [0.15, 0.2) is 54.6 Å². The first-order chi connectivity index (χ1) is 16.3. The monoisotopic (exact) mass is 479 g/mol. The first-order valence-electron chi connectivity index (χ1n) is 11.1. The molecule has 0 amide bonds. The predicted octanol–water partition coefficient (Wildman–Crippen LogP) is 6.40. The van der Waals surface area contributed by atoms with E-state index in [1.54, 1.807) is 12.1 Å². The van der Waals surface area contributed by atoms with Crippen LogP contribution in [0.25, 0.3) is 0 Å². The van der Waals surface area contributed by atoms with Crippen molar-refractivity contribution >= 4 is 29.4 Å². The normalized spacial score (nSPS) is 12.9. The molecule has 1 aliphatic heterocycles. The van der Waals surface area contributed by atoms with Crippen LogP contribution < -0.4 is 10.1 Å². The molecule has 0 radical (unpaired) electrons. The average molecular weight is 480 g/mol. The van der Waals surface area contributed by atoms with E-state index in [9.17, 15) is 15.0 Å². The number of hydrogen-bond donors (Lipinski definition) is 3. The molecule has 0 saturated heterocycles. The summed E-state index contributed by atoms with van der Waals surface area (Å²) in [7, 11) is 0. The van der Waals surface area contributed by atoms with Gasteiger partial charge in [-0.25, -0.2) is 0 Å². The zero-order valence-corrected chi connectivity index (χ0v) is 20.7. The van der Waals surface area contributed by atoms with E-state index in [0.29, 0.717) is 34.7 Å². The lowest BCUT2D eigenvalue weighted by atomic mass is 9.76. The quantitative estimate of drug-likeness (QED) is 0.288. The van der Waals surface area contributed by atoms with Gasteiger partial charge in [-0.3, -0.25) is 4.79 Å². The molecule has 3 aromatic carbocycles. The van der Waals surface area contributed by atoms with Crippen molar-refractivity contribution in [1.29, 1.82) is 0 Å². The van der Waals surface area contributed by atoms with Crippen molar-refractivity contribution in [3.05, 3.63) is 76.9 Å². The van der Waals surface area contributed by atoms with E-state index >= 15 is 0 Å². The van der Waals surface area contributed by atoms with E-state index in [2.05, 4.69) is 5.32 Å². The molecule has 6 nitrogen and oxygen atoms in total. The summed E-state index contributed by atoms with van der Waals surface area (Å²) in [6.07, 6.45) is 0. The van der Waals surface area contributed by atoms with Crippen LogP contribution in [0.2, 0.25) is 0 Å². The Morgan fingerprint density at radius 1 is 0.971 bits per heavy atom. The number of anilines is 1. The number of carbonyl (C=O) groups is 1. The van der Waals surface area contributed by atoms with Crippen LogP contribution in [0.5, 0.6) is 23.0 Å². The number of phenolic OH excluding ortho intramolecular Hbond substituents is 2. The van der Waals surface area contributed by atoms with Gasteiger partial charge >= 0.3 is 0 Å². The van der Waals surface area contributed by atoms with Crippen LogP contribution >= 0.6 is 12.2 Å². The highest BCUT2D eigenvalue weighted by Gasteiger charge is 2.47. The number of rotatable bonds is 5. The van der Waals surface area contributed by atoms with Gasteiger partial charge in [0.2, 0.25) is 0 Å². The molecule has 0 bridgehead atoms. The van der Waals surface area contributed by atoms with E-state index in [0.717, 1.165) is 16.2 Å². The fraction of sp³-hybridized carbons (Fsp3) is 0.259. The van der Waals surface area contributed by atoms with Crippen LogP contribution in [-0.2, 0) is 15.1 Å². The number of fused-ring (bicyclic) bond motifs is 2. The molecule has 3 aromatic rings. The molecule has 1 aliphatic rings. The van der Waals surface area contributed by atoms with Crippen molar-refractivity contribution < 1.29 is 24.5 Å². The number of aromatic hydroxyl groups is 2. The minimum Gasteiger partial charge on any atom is -0.508 e. The molecule has 34 heavy (non-hydrogen) atoms. The van der Waals surface area contributed by atoms with E-state index in [1.807, 2.05) is 52.8 Å². The molecule has 0 fully saturated rings. The largest absolute Gasteiger partial charge is 0.508 e. The van der Waals surface area contributed by atoms with Crippen molar-refractivity contribution in [2.24, 2.45) is 5.92 Å². The lowest BCUT2D eigenvalue weighted by molar-refractivity contribution is -0.137. The summed E-state index contributed by atoms with van der Waals surface area (Å²) in [5.41, 5.74) is 2.17. The third kappa shape index (κ3) is 4.43. The molecule has 0 aliphatic carbocycles. The summed E-state index contributed by atoms with van der Waals surface area (Å²) in [5, 5.41) is 23.3. The second kappa shape index (κ2) is 10.1. The van der Waals surface area contributed by atoms with Crippen molar-refractivity contribution in [1.82, 2.24) is 0 Å². The summed E-state index contributed by atoms with van der Waals surface area (Å²) in [5.74, 6) is 0.862. The van der Waals surface area contributed by atoms with Gasteiger partial charge in [0.1, 0.15) is 23.0 Å². The van der Waals surface area contributed by atoms with Crippen LogP contribution in [0.1, 0.15) is 49.9 Å². The number of aryl methyl sites for hydroxylation is 1. The van der Waals surface area contributed by atoms with Crippen LogP contribution in [0.4, 0.5) is 5.69 Å². The predicted molar refractivity (Wildman–Crippen MR) is 137 cm³/mol. The molecular formula is C27H29NO5S. The highest BCUT2D eigenvalue weighted by Crippen LogP contribution is 2.54. The lowest BCUT2D eigenvalue weighted by Gasteiger charge is -2.39. The van der Waals surface area contributed by atoms with E-state index in [1.165, 1.54) is 24.3 Å². The summed E-state index contributed by atoms with van der Waals surface area (Å²) in [4.78, 5) is 12.5. The highest BCUT2D eigenvalue weighted by molar-refractivity contribution is 7.80. The van der Waals surface area contributed by atoms with Crippen molar-refractivity contribution in [3.8, 4) is 23.0 Å². The maximum Gasteiger partial charge on any atom is 0.294 e. The van der Waals surface area contributed by atoms with Crippen LogP contribution in [0, 0.1) is 12.8 Å². The van der Waals surface area contributed by atoms with Gasteiger partial charge in [0.05, 0.1) is 4.99 Å². The molecule has 3 N–H and O–H groups in total. The van der Waals surface area contributed by atoms with Crippen molar-refractivity contribution in [2.45, 2.75) is 40.2 Å². The van der Waals surface area contributed by atoms with Crippen LogP contribution in [-0.4, -0.2) is 21.7 Å². The Labute approximate surface area is 205 Å². The second-order valence-electron chi connectivity index (χ2n) is 8.03. The number of benzene rings is 3. The number of hydrogen-bond acceptors (Lipinski definition) is 6. The Bertz CT molecular complexity index is 1170. The standard InChI is InChI=1S/C25H23NO5S.C2H6/c1-14(2)24(32)26-16-4-7-19(15(3)10-16)25(30-13-27)20-8-5-17(28)11-22(20)31-23-12-18(29)6-9-21(23)25;1-2/h4-14,28-29H,1-3H3,(H,26,32);1-2H3. The van der Waals surface area contributed by atoms with Crippen molar-refractivity contribution in [3.63, 3.8) is 0 Å². The maximum atomic E-state index is 11.8. The van der Waals surface area contributed by atoms with E-state index < -0.39 is 5.60 Å². The number of carbonyl (C=O) groups excluding carboxylic acids is 1. The van der Waals surface area contributed by atoms with Gasteiger partial charge in [-0.1, -0.05) is 46.0 Å². The Balaban J connectivity index is 0.00000158. The average Bonchev–Trinajstić information content (AvgIpc) is 2.80. The second-order valence-corrected chi connectivity index (χ2v) is 8.47. The van der Waals surface area contributed by atoms with Gasteiger partial charge in [0.25, 0.3) is 6.47 Å². The van der Waals surface area contributed by atoms with E-state index in [4.69, 9.17) is 21.7 Å². The lowest BCUT2D eigenvalue weighted by Crippen LogP contribution is -2.36. The summed E-state index contributed by atoms with van der Waals surface area (Å²) < 4.78 is 11.8. The SMILES string of the molecule is CC.Cc1cc(NC(=S)C(C)C)ccc1C1(OC=O)c2ccc(O)cc2Oc2cc(O)ccc21. The molecule has 1 heterocycles. The number of thiocarbonyl (C=S) groups is 1. The van der Waals surface area contributed by atoms with Gasteiger partial charge in [0.15, 0.2) is 5.60 Å². The number of ether oxygens (including phenoxy) is 2. The minimum absolute atomic E-state index is 0.00539.